The first-order chi connectivity index (χ1) is 14.8. The number of carbonyl (C=O) groups excluding carboxylic acids is 1. The van der Waals surface area contributed by atoms with Gasteiger partial charge in [0.15, 0.2) is 5.13 Å². The summed E-state index contributed by atoms with van der Waals surface area (Å²) in [4.78, 5) is 29.7. The zero-order chi connectivity index (χ0) is 22.4. The van der Waals surface area contributed by atoms with Gasteiger partial charge in [0.25, 0.3) is 0 Å². The predicted molar refractivity (Wildman–Crippen MR) is 127 cm³/mol. The van der Waals surface area contributed by atoms with Crippen molar-refractivity contribution in [1.29, 1.82) is 0 Å². The Kier molecular flexibility index (Phi) is 7.45. The molecule has 164 valence electrons. The van der Waals surface area contributed by atoms with E-state index in [4.69, 9.17) is 10.5 Å². The van der Waals surface area contributed by atoms with E-state index >= 15 is 0 Å². The van der Waals surface area contributed by atoms with E-state index in [1.54, 1.807) is 43.9 Å². The number of nitrogens with one attached hydrogen (secondary N) is 1. The SMILES string of the molecule is CCOc1cncc(-c2ccc(NC(=O)C(C)(C)c3csc(N)n3)nc2)n1.SC1CC1. The summed E-state index contributed by atoms with van der Waals surface area (Å²) in [7, 11) is 0. The number of ether oxygens (including phenoxy) is 1. The molecule has 10 heteroatoms. The van der Waals surface area contributed by atoms with Crippen LogP contribution in [0.15, 0.2) is 36.1 Å². The maximum atomic E-state index is 12.6. The standard InChI is InChI=1S/C18H20N6O2S.C3H6S/c1-4-26-15-9-20-8-12(22-15)11-5-6-14(21-7-11)24-16(25)18(2,3)13-10-27-17(19)23-13;4-3-1-2-3/h5-10H,4H2,1-3H3,(H2,19,23)(H,21,24,25);3-4H,1-2H2. The Morgan fingerprint density at radius 2 is 2.03 bits per heavy atom. The smallest absolute Gasteiger partial charge is 0.237 e. The Bertz CT molecular complexity index is 1020. The van der Waals surface area contributed by atoms with Gasteiger partial charge in [0.05, 0.1) is 35.8 Å². The van der Waals surface area contributed by atoms with E-state index in [9.17, 15) is 4.79 Å². The lowest BCUT2D eigenvalue weighted by Crippen LogP contribution is -2.35. The predicted octanol–water partition coefficient (Wildman–Crippen LogP) is 3.97. The number of nitrogen functional groups attached to an aromatic ring is 1. The van der Waals surface area contributed by atoms with Gasteiger partial charge in [-0.25, -0.2) is 15.0 Å². The van der Waals surface area contributed by atoms with Gasteiger partial charge in [-0.2, -0.15) is 12.6 Å². The highest BCUT2D eigenvalue weighted by atomic mass is 32.1. The summed E-state index contributed by atoms with van der Waals surface area (Å²) in [6, 6.07) is 3.53. The van der Waals surface area contributed by atoms with Crippen LogP contribution in [0, 0.1) is 0 Å². The topological polar surface area (TPSA) is 116 Å². The van der Waals surface area contributed by atoms with E-state index in [0.29, 0.717) is 34.8 Å². The number of rotatable bonds is 6. The summed E-state index contributed by atoms with van der Waals surface area (Å²) in [5.74, 6) is 0.678. The molecule has 0 radical (unpaired) electrons. The van der Waals surface area contributed by atoms with Crippen molar-refractivity contribution in [1.82, 2.24) is 19.9 Å². The molecule has 0 atom stereocenters. The zero-order valence-electron chi connectivity index (χ0n) is 17.7. The van der Waals surface area contributed by atoms with Crippen LogP contribution >= 0.6 is 24.0 Å². The van der Waals surface area contributed by atoms with Gasteiger partial charge in [-0.15, -0.1) is 11.3 Å². The zero-order valence-corrected chi connectivity index (χ0v) is 19.4. The van der Waals surface area contributed by atoms with Crippen molar-refractivity contribution in [2.24, 2.45) is 0 Å². The molecule has 3 aromatic heterocycles. The van der Waals surface area contributed by atoms with E-state index in [0.717, 1.165) is 10.8 Å². The van der Waals surface area contributed by atoms with Crippen molar-refractivity contribution in [2.45, 2.75) is 44.3 Å². The fourth-order valence-electron chi connectivity index (χ4n) is 2.36. The fraction of sp³-hybridized carbons (Fsp3) is 0.381. The quantitative estimate of drug-likeness (QED) is 0.479. The van der Waals surface area contributed by atoms with E-state index in [-0.39, 0.29) is 5.91 Å². The fourth-order valence-corrected chi connectivity index (χ4v) is 3.24. The van der Waals surface area contributed by atoms with Crippen LogP contribution < -0.4 is 15.8 Å². The Morgan fingerprint density at radius 3 is 2.58 bits per heavy atom. The third-order valence-electron chi connectivity index (χ3n) is 4.48. The number of aromatic nitrogens is 4. The largest absolute Gasteiger partial charge is 0.477 e. The van der Waals surface area contributed by atoms with Gasteiger partial charge in [-0.1, -0.05) is 0 Å². The van der Waals surface area contributed by atoms with Crippen molar-refractivity contribution in [3.63, 3.8) is 0 Å². The molecule has 3 aromatic rings. The number of thiazole rings is 1. The number of anilines is 2. The van der Waals surface area contributed by atoms with Crippen molar-refractivity contribution >= 4 is 40.8 Å². The Labute approximate surface area is 191 Å². The number of nitrogens with zero attached hydrogens (tertiary/aromatic N) is 4. The van der Waals surface area contributed by atoms with E-state index in [2.05, 4.69) is 37.9 Å². The highest BCUT2D eigenvalue weighted by Gasteiger charge is 2.32. The molecule has 0 unspecified atom stereocenters. The van der Waals surface area contributed by atoms with Crippen LogP contribution in [0.25, 0.3) is 11.3 Å². The summed E-state index contributed by atoms with van der Waals surface area (Å²) >= 11 is 5.38. The molecular weight excluding hydrogens is 432 g/mol. The second kappa shape index (κ2) is 10.1. The summed E-state index contributed by atoms with van der Waals surface area (Å²) in [5.41, 5.74) is 6.89. The number of carbonyl (C=O) groups is 1. The van der Waals surface area contributed by atoms with Crippen LogP contribution in [0.4, 0.5) is 10.9 Å². The van der Waals surface area contributed by atoms with Gasteiger partial charge >= 0.3 is 0 Å². The lowest BCUT2D eigenvalue weighted by Gasteiger charge is -2.21. The van der Waals surface area contributed by atoms with E-state index in [1.165, 1.54) is 24.2 Å². The molecule has 31 heavy (non-hydrogen) atoms. The summed E-state index contributed by atoms with van der Waals surface area (Å²) in [6.45, 7) is 5.98. The number of nitrogens with two attached hydrogens (primary N) is 1. The second-order valence-electron chi connectivity index (χ2n) is 7.49. The van der Waals surface area contributed by atoms with E-state index < -0.39 is 5.41 Å². The van der Waals surface area contributed by atoms with Crippen LogP contribution in [0.5, 0.6) is 5.88 Å². The highest BCUT2D eigenvalue weighted by Crippen LogP contribution is 2.27. The minimum Gasteiger partial charge on any atom is -0.477 e. The van der Waals surface area contributed by atoms with E-state index in [1.807, 2.05) is 13.0 Å². The molecule has 1 saturated carbocycles. The number of hydrogen-bond donors (Lipinski definition) is 3. The van der Waals surface area contributed by atoms with Gasteiger partial charge in [0, 0.05) is 22.4 Å². The van der Waals surface area contributed by atoms with Crippen molar-refractivity contribution in [3.05, 3.63) is 41.8 Å². The number of pyridine rings is 1. The third kappa shape index (κ3) is 6.38. The average molecular weight is 459 g/mol. The Hall–Kier alpha value is -2.72. The number of hydrogen-bond acceptors (Lipinski definition) is 9. The van der Waals surface area contributed by atoms with Crippen molar-refractivity contribution in [3.8, 4) is 17.1 Å². The monoisotopic (exact) mass is 458 g/mol. The minimum atomic E-state index is -0.828. The molecule has 0 aromatic carbocycles. The summed E-state index contributed by atoms with van der Waals surface area (Å²) in [5, 5.41) is 5.81. The van der Waals surface area contributed by atoms with Crippen LogP contribution in [0.2, 0.25) is 0 Å². The maximum absolute atomic E-state index is 12.6. The number of thiol groups is 1. The average Bonchev–Trinajstić information content (AvgIpc) is 3.41. The molecule has 3 heterocycles. The minimum absolute atomic E-state index is 0.216. The molecular formula is C21H26N6O2S2. The van der Waals surface area contributed by atoms with Gasteiger partial charge in [-0.05, 0) is 45.7 Å². The molecule has 0 saturated heterocycles. The Morgan fingerprint density at radius 1 is 1.29 bits per heavy atom. The molecule has 1 amide bonds. The molecule has 4 rings (SSSR count). The summed E-state index contributed by atoms with van der Waals surface area (Å²) < 4.78 is 5.36. The van der Waals surface area contributed by atoms with Crippen LogP contribution in [0.1, 0.15) is 39.3 Å². The third-order valence-corrected chi connectivity index (χ3v) is 5.67. The van der Waals surface area contributed by atoms with Crippen LogP contribution in [-0.2, 0) is 10.2 Å². The molecule has 0 spiro atoms. The van der Waals surface area contributed by atoms with Crippen LogP contribution in [0.3, 0.4) is 0 Å². The maximum Gasteiger partial charge on any atom is 0.237 e. The normalized spacial score (nSPS) is 13.2. The molecule has 0 bridgehead atoms. The first kappa shape index (κ1) is 23.0. The summed E-state index contributed by atoms with van der Waals surface area (Å²) in [6.07, 6.45) is 7.52. The van der Waals surface area contributed by atoms with Gasteiger partial charge < -0.3 is 15.8 Å². The van der Waals surface area contributed by atoms with Crippen molar-refractivity contribution in [2.75, 3.05) is 17.7 Å². The second-order valence-corrected chi connectivity index (χ2v) is 9.11. The lowest BCUT2D eigenvalue weighted by molar-refractivity contribution is -0.120. The van der Waals surface area contributed by atoms with Gasteiger partial charge in [0.2, 0.25) is 11.8 Å². The highest BCUT2D eigenvalue weighted by molar-refractivity contribution is 7.81. The van der Waals surface area contributed by atoms with Crippen molar-refractivity contribution < 1.29 is 9.53 Å². The molecule has 1 aliphatic carbocycles. The number of amides is 1. The molecule has 1 fully saturated rings. The van der Waals surface area contributed by atoms with Crippen LogP contribution in [-0.4, -0.2) is 37.7 Å². The van der Waals surface area contributed by atoms with Gasteiger partial charge in [0.1, 0.15) is 5.82 Å². The Balaban J connectivity index is 0.000000610. The molecule has 0 aliphatic heterocycles. The first-order valence-electron chi connectivity index (χ1n) is 9.92. The molecule has 1 aliphatic rings. The first-order valence-corrected chi connectivity index (χ1v) is 11.3. The van der Waals surface area contributed by atoms with Gasteiger partial charge in [-0.3, -0.25) is 9.78 Å². The molecule has 3 N–H and O–H groups in total. The molecule has 8 nitrogen and oxygen atoms in total. The lowest BCUT2D eigenvalue weighted by atomic mass is 9.89.